The maximum absolute atomic E-state index is 6.36. The third-order valence-electron chi connectivity index (χ3n) is 4.44. The minimum Gasteiger partial charge on any atom is -0.464 e. The molecule has 3 rings (SSSR count). The lowest BCUT2D eigenvalue weighted by molar-refractivity contribution is 0.254. The molecule has 1 heterocycles. The smallest absolute Gasteiger partial charge is 0.196 e. The van der Waals surface area contributed by atoms with Crippen molar-refractivity contribution in [1.29, 1.82) is 0 Å². The number of nitrogens with one attached hydrogen (secondary N) is 1. The monoisotopic (exact) mass is 435 g/mol. The van der Waals surface area contributed by atoms with Crippen LogP contribution in [0.5, 0.6) is 5.75 Å². The van der Waals surface area contributed by atoms with Crippen molar-refractivity contribution in [3.8, 4) is 5.75 Å². The molecule has 1 N–H and O–H groups in total. The minimum absolute atomic E-state index is 0.0347. The fraction of sp³-hybridized carbons (Fsp3) is 0.429. The topological polar surface area (TPSA) is 21.3 Å². The van der Waals surface area contributed by atoms with Gasteiger partial charge in [0.15, 0.2) is 6.23 Å². The fourth-order valence-electron chi connectivity index (χ4n) is 2.96. The molecule has 0 aliphatic carbocycles. The average Bonchev–Trinajstić information content (AvgIpc) is 2.88. The summed E-state index contributed by atoms with van der Waals surface area (Å²) >= 11 is 2.34. The van der Waals surface area contributed by atoms with Crippen molar-refractivity contribution in [2.45, 2.75) is 58.6 Å². The summed E-state index contributed by atoms with van der Waals surface area (Å²) in [5.41, 5.74) is 5.02. The Labute approximate surface area is 159 Å². The largest absolute Gasteiger partial charge is 0.464 e. The molecule has 0 bridgehead atoms. The van der Waals surface area contributed by atoms with Gasteiger partial charge in [0, 0.05) is 14.7 Å². The summed E-state index contributed by atoms with van der Waals surface area (Å²) in [5, 5.41) is 3.58. The highest BCUT2D eigenvalue weighted by Crippen LogP contribution is 2.47. The Hall–Kier alpha value is -1.23. The van der Waals surface area contributed by atoms with Crippen LogP contribution in [0.15, 0.2) is 36.4 Å². The lowest BCUT2D eigenvalue weighted by Crippen LogP contribution is -2.17. The van der Waals surface area contributed by atoms with E-state index in [2.05, 4.69) is 106 Å². The van der Waals surface area contributed by atoms with Crippen molar-refractivity contribution in [2.75, 3.05) is 5.32 Å². The zero-order valence-corrected chi connectivity index (χ0v) is 17.5. The van der Waals surface area contributed by atoms with Gasteiger partial charge in [0.25, 0.3) is 0 Å². The van der Waals surface area contributed by atoms with E-state index < -0.39 is 0 Å². The Balaban J connectivity index is 2.07. The molecule has 1 aliphatic heterocycles. The molecule has 1 atom stereocenters. The lowest BCUT2D eigenvalue weighted by Gasteiger charge is -2.26. The van der Waals surface area contributed by atoms with E-state index in [-0.39, 0.29) is 17.1 Å². The van der Waals surface area contributed by atoms with Gasteiger partial charge in [0.1, 0.15) is 5.75 Å². The van der Waals surface area contributed by atoms with Gasteiger partial charge in [0.2, 0.25) is 0 Å². The summed E-state index contributed by atoms with van der Waals surface area (Å²) < 4.78 is 7.58. The summed E-state index contributed by atoms with van der Waals surface area (Å²) in [6.07, 6.45) is -0.119. The fourth-order valence-corrected chi connectivity index (χ4v) is 3.53. The SMILES string of the molecule is CC(C)(C)c1cc2c(c(C(C)(C)C)c1)O[C@H](c1cccc(I)c1)N2. The highest BCUT2D eigenvalue weighted by molar-refractivity contribution is 14.1. The van der Waals surface area contributed by atoms with Gasteiger partial charge in [-0.25, -0.2) is 0 Å². The second-order valence-electron chi connectivity index (χ2n) is 8.60. The molecule has 1 aliphatic rings. The van der Waals surface area contributed by atoms with Crippen molar-refractivity contribution >= 4 is 28.3 Å². The van der Waals surface area contributed by atoms with E-state index in [1.54, 1.807) is 0 Å². The van der Waals surface area contributed by atoms with E-state index in [4.69, 9.17) is 4.74 Å². The lowest BCUT2D eigenvalue weighted by atomic mass is 9.80. The Morgan fingerprint density at radius 2 is 1.67 bits per heavy atom. The van der Waals surface area contributed by atoms with Crippen LogP contribution in [0, 0.1) is 3.57 Å². The van der Waals surface area contributed by atoms with Crippen molar-refractivity contribution in [3.63, 3.8) is 0 Å². The van der Waals surface area contributed by atoms with Crippen LogP contribution in [-0.2, 0) is 10.8 Å². The average molecular weight is 435 g/mol. The summed E-state index contributed by atoms with van der Waals surface area (Å²) in [7, 11) is 0. The number of ether oxygens (including phenoxy) is 1. The van der Waals surface area contributed by atoms with Gasteiger partial charge in [0.05, 0.1) is 5.69 Å². The number of anilines is 1. The molecule has 3 heteroatoms. The third-order valence-corrected chi connectivity index (χ3v) is 5.11. The van der Waals surface area contributed by atoms with Crippen LogP contribution in [-0.4, -0.2) is 0 Å². The van der Waals surface area contributed by atoms with E-state index in [9.17, 15) is 0 Å². The van der Waals surface area contributed by atoms with Crippen LogP contribution >= 0.6 is 22.6 Å². The molecule has 0 saturated heterocycles. The molecule has 0 radical (unpaired) electrons. The van der Waals surface area contributed by atoms with E-state index in [0.29, 0.717) is 0 Å². The van der Waals surface area contributed by atoms with Crippen LogP contribution in [0.3, 0.4) is 0 Å². The van der Waals surface area contributed by atoms with Gasteiger partial charge in [-0.05, 0) is 57.2 Å². The molecule has 0 saturated carbocycles. The number of hydrogen-bond donors (Lipinski definition) is 1. The molecule has 2 aromatic carbocycles. The molecule has 2 aromatic rings. The van der Waals surface area contributed by atoms with Gasteiger partial charge >= 0.3 is 0 Å². The van der Waals surface area contributed by atoms with Gasteiger partial charge in [-0.2, -0.15) is 0 Å². The van der Waals surface area contributed by atoms with Crippen LogP contribution in [0.1, 0.15) is 64.5 Å². The number of fused-ring (bicyclic) bond motifs is 1. The van der Waals surface area contributed by atoms with E-state index in [1.807, 2.05) is 0 Å². The molecule has 0 fully saturated rings. The Kier molecular flexibility index (Phi) is 4.35. The van der Waals surface area contributed by atoms with Crippen molar-refractivity contribution in [2.24, 2.45) is 0 Å². The number of rotatable bonds is 1. The Morgan fingerprint density at radius 3 is 2.25 bits per heavy atom. The number of halogens is 1. The molecule has 24 heavy (non-hydrogen) atoms. The van der Waals surface area contributed by atoms with E-state index in [0.717, 1.165) is 17.0 Å². The van der Waals surface area contributed by atoms with Crippen LogP contribution in [0.25, 0.3) is 0 Å². The van der Waals surface area contributed by atoms with Gasteiger partial charge in [-0.15, -0.1) is 0 Å². The van der Waals surface area contributed by atoms with E-state index >= 15 is 0 Å². The van der Waals surface area contributed by atoms with Crippen LogP contribution in [0.2, 0.25) is 0 Å². The van der Waals surface area contributed by atoms with Crippen LogP contribution in [0.4, 0.5) is 5.69 Å². The van der Waals surface area contributed by atoms with Gasteiger partial charge in [-0.3, -0.25) is 0 Å². The molecular formula is C21H26INO. The molecule has 0 unspecified atom stereocenters. The second-order valence-corrected chi connectivity index (χ2v) is 9.84. The number of hydrogen-bond acceptors (Lipinski definition) is 2. The highest BCUT2D eigenvalue weighted by Gasteiger charge is 2.32. The van der Waals surface area contributed by atoms with Crippen molar-refractivity contribution in [3.05, 3.63) is 56.7 Å². The maximum atomic E-state index is 6.36. The standard InChI is InChI=1S/C21H26INO/c1-20(2,3)14-11-16(21(4,5)6)18-17(12-14)23-19(24-18)13-8-7-9-15(22)10-13/h7-12,19,23H,1-6H3/t19-/m1/s1. The molecule has 0 spiro atoms. The molecule has 2 nitrogen and oxygen atoms in total. The first-order chi connectivity index (χ1) is 11.1. The summed E-state index contributed by atoms with van der Waals surface area (Å²) in [6, 6.07) is 13.0. The zero-order chi connectivity index (χ0) is 17.7. The van der Waals surface area contributed by atoms with Gasteiger partial charge in [-0.1, -0.05) is 59.7 Å². The maximum Gasteiger partial charge on any atom is 0.196 e. The first-order valence-corrected chi connectivity index (χ1v) is 9.51. The second kappa shape index (κ2) is 5.94. The summed E-state index contributed by atoms with van der Waals surface area (Å²) in [5.74, 6) is 0.999. The Morgan fingerprint density at radius 1 is 0.958 bits per heavy atom. The first-order valence-electron chi connectivity index (χ1n) is 8.43. The third kappa shape index (κ3) is 3.41. The zero-order valence-electron chi connectivity index (χ0n) is 15.3. The summed E-state index contributed by atoms with van der Waals surface area (Å²) in [6.45, 7) is 13.5. The summed E-state index contributed by atoms with van der Waals surface area (Å²) in [4.78, 5) is 0. The van der Waals surface area contributed by atoms with Gasteiger partial charge < -0.3 is 10.1 Å². The molecule has 128 valence electrons. The predicted molar refractivity (Wildman–Crippen MR) is 110 cm³/mol. The minimum atomic E-state index is -0.119. The van der Waals surface area contributed by atoms with Crippen LogP contribution < -0.4 is 10.1 Å². The molecule has 0 aromatic heterocycles. The molecular weight excluding hydrogens is 409 g/mol. The normalized spacial score (nSPS) is 17.2. The molecule has 0 amide bonds. The van der Waals surface area contributed by atoms with Crippen molar-refractivity contribution < 1.29 is 4.74 Å². The predicted octanol–water partition coefficient (Wildman–Crippen LogP) is 6.39. The quantitative estimate of drug-likeness (QED) is 0.524. The Bertz CT molecular complexity index is 768. The van der Waals surface area contributed by atoms with Crippen molar-refractivity contribution in [1.82, 2.24) is 0 Å². The highest BCUT2D eigenvalue weighted by atomic mass is 127. The van der Waals surface area contributed by atoms with E-state index in [1.165, 1.54) is 14.7 Å². The first kappa shape index (κ1) is 17.6. The number of benzene rings is 2.